The van der Waals surface area contributed by atoms with Crippen molar-refractivity contribution in [3.63, 3.8) is 0 Å². The zero-order chi connectivity index (χ0) is 15.2. The number of nitrogens with zero attached hydrogens (tertiary/aromatic N) is 1. The van der Waals surface area contributed by atoms with Gasteiger partial charge in [-0.3, -0.25) is 14.4 Å². The number of nitrogens with one attached hydrogen (secondary N) is 1. The van der Waals surface area contributed by atoms with Crippen LogP contribution in [0.25, 0.3) is 0 Å². The summed E-state index contributed by atoms with van der Waals surface area (Å²) >= 11 is 0. The molecule has 1 aromatic carbocycles. The van der Waals surface area contributed by atoms with Gasteiger partial charge in [-0.2, -0.15) is 0 Å². The molecule has 21 heavy (non-hydrogen) atoms. The van der Waals surface area contributed by atoms with Crippen LogP contribution >= 0.6 is 0 Å². The van der Waals surface area contributed by atoms with Gasteiger partial charge in [0.15, 0.2) is 0 Å². The highest BCUT2D eigenvalue weighted by molar-refractivity contribution is 6.21. The van der Waals surface area contributed by atoms with Crippen LogP contribution in [0.2, 0.25) is 0 Å². The van der Waals surface area contributed by atoms with E-state index in [2.05, 4.69) is 5.32 Å². The molecule has 0 spiro atoms. The quantitative estimate of drug-likeness (QED) is 0.796. The summed E-state index contributed by atoms with van der Waals surface area (Å²) in [5.41, 5.74) is -0.835. The Bertz CT molecular complexity index is 649. The number of benzene rings is 1. The average molecular weight is 288 g/mol. The van der Waals surface area contributed by atoms with Crippen LogP contribution in [0.4, 0.5) is 0 Å². The Morgan fingerprint density at radius 1 is 1.19 bits per heavy atom. The van der Waals surface area contributed by atoms with Gasteiger partial charge in [-0.05, 0) is 25.5 Å². The maximum atomic E-state index is 12.1. The molecular weight excluding hydrogens is 276 g/mol. The van der Waals surface area contributed by atoms with Crippen LogP contribution in [-0.4, -0.2) is 34.3 Å². The molecular formula is C14H12N2O5. The van der Waals surface area contributed by atoms with E-state index in [1.165, 1.54) is 19.1 Å². The SMILES string of the molecule is C[C@@]1(C(=O)ON2C(=O)c3ccccc3C2=O)CCC(=O)N1. The van der Waals surface area contributed by atoms with Crippen LogP contribution < -0.4 is 5.32 Å². The van der Waals surface area contributed by atoms with Gasteiger partial charge in [0.1, 0.15) is 5.54 Å². The molecule has 1 atom stereocenters. The van der Waals surface area contributed by atoms with Gasteiger partial charge < -0.3 is 10.2 Å². The van der Waals surface area contributed by atoms with Crippen LogP contribution in [-0.2, 0) is 14.4 Å². The first-order valence-electron chi connectivity index (χ1n) is 6.43. The highest BCUT2D eigenvalue weighted by Gasteiger charge is 2.46. The predicted molar refractivity (Wildman–Crippen MR) is 68.8 cm³/mol. The highest BCUT2D eigenvalue weighted by Crippen LogP contribution is 2.26. The van der Waals surface area contributed by atoms with Crippen LogP contribution in [0.3, 0.4) is 0 Å². The average Bonchev–Trinajstić information content (AvgIpc) is 2.93. The first-order valence-corrected chi connectivity index (χ1v) is 6.43. The van der Waals surface area contributed by atoms with Crippen molar-refractivity contribution in [3.8, 4) is 0 Å². The van der Waals surface area contributed by atoms with Crippen molar-refractivity contribution in [1.82, 2.24) is 10.4 Å². The lowest BCUT2D eigenvalue weighted by molar-refractivity contribution is -0.175. The van der Waals surface area contributed by atoms with E-state index >= 15 is 0 Å². The fourth-order valence-electron chi connectivity index (χ4n) is 2.38. The molecule has 2 heterocycles. The van der Waals surface area contributed by atoms with E-state index in [0.29, 0.717) is 5.06 Å². The second kappa shape index (κ2) is 4.41. The van der Waals surface area contributed by atoms with Crippen LogP contribution in [0, 0.1) is 0 Å². The summed E-state index contributed by atoms with van der Waals surface area (Å²) in [5.74, 6) is -2.46. The topological polar surface area (TPSA) is 92.8 Å². The number of carbonyl (C=O) groups excluding carboxylic acids is 4. The summed E-state index contributed by atoms with van der Waals surface area (Å²) in [6, 6.07) is 6.21. The van der Waals surface area contributed by atoms with Crippen molar-refractivity contribution >= 4 is 23.7 Å². The van der Waals surface area contributed by atoms with Crippen molar-refractivity contribution < 1.29 is 24.0 Å². The number of carbonyl (C=O) groups is 4. The van der Waals surface area contributed by atoms with E-state index in [1.54, 1.807) is 12.1 Å². The summed E-state index contributed by atoms with van der Waals surface area (Å²) < 4.78 is 0. The first kappa shape index (κ1) is 13.3. The zero-order valence-corrected chi connectivity index (χ0v) is 11.2. The van der Waals surface area contributed by atoms with E-state index < -0.39 is 23.3 Å². The minimum absolute atomic E-state index is 0.191. The number of hydroxylamine groups is 2. The molecule has 3 rings (SSSR count). The molecule has 2 aliphatic heterocycles. The highest BCUT2D eigenvalue weighted by atomic mass is 16.7. The minimum Gasteiger partial charge on any atom is -0.340 e. The molecule has 0 radical (unpaired) electrons. The first-order chi connectivity index (χ1) is 9.92. The van der Waals surface area contributed by atoms with Gasteiger partial charge >= 0.3 is 5.97 Å². The number of hydrogen-bond acceptors (Lipinski definition) is 5. The second-order valence-electron chi connectivity index (χ2n) is 5.21. The van der Waals surface area contributed by atoms with Crippen molar-refractivity contribution in [2.24, 2.45) is 0 Å². The summed E-state index contributed by atoms with van der Waals surface area (Å²) in [6.45, 7) is 1.50. The van der Waals surface area contributed by atoms with E-state index in [4.69, 9.17) is 4.84 Å². The summed E-state index contributed by atoms with van der Waals surface area (Å²) in [4.78, 5) is 52.4. The maximum absolute atomic E-state index is 12.1. The molecule has 3 amide bonds. The molecule has 108 valence electrons. The van der Waals surface area contributed by atoms with E-state index in [-0.39, 0.29) is 29.9 Å². The number of hydrogen-bond donors (Lipinski definition) is 1. The number of fused-ring (bicyclic) bond motifs is 1. The van der Waals surface area contributed by atoms with Crippen molar-refractivity contribution in [3.05, 3.63) is 35.4 Å². The third-order valence-electron chi connectivity index (χ3n) is 3.65. The lowest BCUT2D eigenvalue weighted by Crippen LogP contribution is -2.50. The lowest BCUT2D eigenvalue weighted by Gasteiger charge is -2.23. The standard InChI is InChI=1S/C14H12N2O5/c1-14(7-6-10(17)15-14)13(20)21-16-11(18)8-4-2-3-5-9(8)12(16)19/h2-5H,6-7H2,1H3,(H,15,17)/t14-/m0/s1. The van der Waals surface area contributed by atoms with E-state index in [1.807, 2.05) is 0 Å². The Hall–Kier alpha value is -2.70. The Balaban J connectivity index is 1.81. The summed E-state index contributed by atoms with van der Waals surface area (Å²) in [5, 5.41) is 2.94. The third-order valence-corrected chi connectivity index (χ3v) is 3.65. The third kappa shape index (κ3) is 1.97. The van der Waals surface area contributed by atoms with Crippen molar-refractivity contribution in [2.75, 3.05) is 0 Å². The van der Waals surface area contributed by atoms with Crippen molar-refractivity contribution in [1.29, 1.82) is 0 Å². The molecule has 1 fully saturated rings. The predicted octanol–water partition coefficient (Wildman–Crippen LogP) is 0.410. The minimum atomic E-state index is -1.22. The van der Waals surface area contributed by atoms with Crippen LogP contribution in [0.5, 0.6) is 0 Å². The smallest absolute Gasteiger partial charge is 0.340 e. The molecule has 0 unspecified atom stereocenters. The Kier molecular flexibility index (Phi) is 2.79. The summed E-state index contributed by atoms with van der Waals surface area (Å²) in [7, 11) is 0. The number of rotatable bonds is 2. The number of imide groups is 1. The molecule has 2 aliphatic rings. The Morgan fingerprint density at radius 3 is 2.24 bits per heavy atom. The molecule has 0 aliphatic carbocycles. The van der Waals surface area contributed by atoms with Gasteiger partial charge in [0.05, 0.1) is 11.1 Å². The second-order valence-corrected chi connectivity index (χ2v) is 5.21. The zero-order valence-electron chi connectivity index (χ0n) is 11.2. The molecule has 7 nitrogen and oxygen atoms in total. The normalized spacial score (nSPS) is 24.0. The molecule has 0 aromatic heterocycles. The maximum Gasteiger partial charge on any atom is 0.358 e. The molecule has 0 bridgehead atoms. The molecule has 1 N–H and O–H groups in total. The Morgan fingerprint density at radius 2 is 1.76 bits per heavy atom. The molecule has 7 heteroatoms. The monoisotopic (exact) mass is 288 g/mol. The number of amides is 3. The fraction of sp³-hybridized carbons (Fsp3) is 0.286. The van der Waals surface area contributed by atoms with Crippen LogP contribution in [0.1, 0.15) is 40.5 Å². The van der Waals surface area contributed by atoms with Gasteiger partial charge in [0, 0.05) is 6.42 Å². The van der Waals surface area contributed by atoms with Gasteiger partial charge in [0.25, 0.3) is 11.8 Å². The lowest BCUT2D eigenvalue weighted by atomic mass is 10.0. The molecule has 0 saturated carbocycles. The van der Waals surface area contributed by atoms with Crippen LogP contribution in [0.15, 0.2) is 24.3 Å². The van der Waals surface area contributed by atoms with Gasteiger partial charge in [-0.25, -0.2) is 4.79 Å². The Labute approximate surface area is 119 Å². The molecule has 1 aromatic rings. The van der Waals surface area contributed by atoms with E-state index in [0.717, 1.165) is 0 Å². The molecule has 1 saturated heterocycles. The van der Waals surface area contributed by atoms with Gasteiger partial charge in [-0.1, -0.05) is 17.2 Å². The largest absolute Gasteiger partial charge is 0.358 e. The van der Waals surface area contributed by atoms with Gasteiger partial charge in [0.2, 0.25) is 5.91 Å². The summed E-state index contributed by atoms with van der Waals surface area (Å²) in [6.07, 6.45) is 0.460. The van der Waals surface area contributed by atoms with Gasteiger partial charge in [-0.15, -0.1) is 0 Å². The van der Waals surface area contributed by atoms with Crippen molar-refractivity contribution in [2.45, 2.75) is 25.3 Å². The fourth-order valence-corrected chi connectivity index (χ4v) is 2.38. The van der Waals surface area contributed by atoms with E-state index in [9.17, 15) is 19.2 Å².